The molecule has 1 amide bonds. The zero-order valence-corrected chi connectivity index (χ0v) is 15.4. The molecule has 2 heterocycles. The molecule has 1 N–H and O–H groups in total. The molecule has 0 radical (unpaired) electrons. The highest BCUT2D eigenvalue weighted by Gasteiger charge is 2.30. The smallest absolute Gasteiger partial charge is 0.313 e. The van der Waals surface area contributed by atoms with Gasteiger partial charge in [0.1, 0.15) is 23.4 Å². The second-order valence-corrected chi connectivity index (χ2v) is 7.16. The van der Waals surface area contributed by atoms with E-state index in [0.29, 0.717) is 27.8 Å². The van der Waals surface area contributed by atoms with Gasteiger partial charge in [0.2, 0.25) is 0 Å². The fourth-order valence-electron chi connectivity index (χ4n) is 2.55. The van der Waals surface area contributed by atoms with E-state index in [4.69, 9.17) is 26.3 Å². The first-order chi connectivity index (χ1) is 12.5. The number of thiophene rings is 1. The predicted octanol–water partition coefficient (Wildman–Crippen LogP) is 3.39. The number of carbonyl (C=O) groups is 2. The minimum atomic E-state index is -0.989. The van der Waals surface area contributed by atoms with Gasteiger partial charge in [0.05, 0.1) is 11.5 Å². The third kappa shape index (κ3) is 3.98. The number of nitrogens with zero attached hydrogens (tertiary/aromatic N) is 1. The average molecular weight is 391 g/mol. The van der Waals surface area contributed by atoms with Gasteiger partial charge in [-0.1, -0.05) is 11.6 Å². The molecule has 0 fully saturated rings. The number of halogens is 1. The maximum atomic E-state index is 12.4. The number of esters is 1. The summed E-state index contributed by atoms with van der Waals surface area (Å²) in [5.74, 6) is -0.805. The van der Waals surface area contributed by atoms with Crippen LogP contribution in [-0.4, -0.2) is 24.6 Å². The molecule has 0 saturated carbocycles. The second-order valence-electron chi connectivity index (χ2n) is 5.81. The van der Waals surface area contributed by atoms with Gasteiger partial charge in [-0.15, -0.1) is 11.3 Å². The van der Waals surface area contributed by atoms with Gasteiger partial charge in [0.15, 0.2) is 6.10 Å². The van der Waals surface area contributed by atoms with E-state index in [-0.39, 0.29) is 6.61 Å². The number of anilines is 1. The Morgan fingerprint density at radius 2 is 2.27 bits per heavy atom. The van der Waals surface area contributed by atoms with Crippen molar-refractivity contribution in [2.45, 2.75) is 19.4 Å². The number of amides is 1. The number of nitrogens with one attached hydrogen (secondary N) is 1. The Morgan fingerprint density at radius 3 is 3.04 bits per heavy atom. The lowest BCUT2D eigenvalue weighted by atomic mass is 9.97. The van der Waals surface area contributed by atoms with Crippen LogP contribution in [0.25, 0.3) is 0 Å². The lowest BCUT2D eigenvalue weighted by molar-refractivity contribution is -0.158. The lowest BCUT2D eigenvalue weighted by Crippen LogP contribution is -2.36. The summed E-state index contributed by atoms with van der Waals surface area (Å²) in [6.45, 7) is 1.67. The fourth-order valence-corrected chi connectivity index (χ4v) is 3.48. The zero-order valence-electron chi connectivity index (χ0n) is 13.8. The van der Waals surface area contributed by atoms with Crippen LogP contribution in [0.1, 0.15) is 18.1 Å². The van der Waals surface area contributed by atoms with Gasteiger partial charge in [-0.25, -0.2) is 0 Å². The van der Waals surface area contributed by atoms with Crippen LogP contribution in [-0.2, 0) is 20.7 Å². The summed E-state index contributed by atoms with van der Waals surface area (Å²) in [5.41, 5.74) is 1.20. The predicted molar refractivity (Wildman–Crippen MR) is 97.4 cm³/mol. The zero-order chi connectivity index (χ0) is 18.7. The molecule has 0 unspecified atom stereocenters. The molecule has 8 heteroatoms. The molecule has 1 aromatic heterocycles. The first kappa shape index (κ1) is 18.2. The topological polar surface area (TPSA) is 88.4 Å². The molecule has 6 nitrogen and oxygen atoms in total. The molecule has 0 spiro atoms. The van der Waals surface area contributed by atoms with Crippen LogP contribution >= 0.6 is 22.9 Å². The SMILES string of the molecule is C[C@H](OC(=O)[C@@H]1COc2ccc(Cl)cc2C1)C(=O)Nc1sccc1C#N. The minimum absolute atomic E-state index is 0.186. The van der Waals surface area contributed by atoms with E-state index in [1.165, 1.54) is 18.3 Å². The van der Waals surface area contributed by atoms with E-state index in [1.54, 1.807) is 29.6 Å². The molecule has 134 valence electrons. The summed E-state index contributed by atoms with van der Waals surface area (Å²) < 4.78 is 10.9. The van der Waals surface area contributed by atoms with Crippen molar-refractivity contribution in [3.63, 3.8) is 0 Å². The van der Waals surface area contributed by atoms with E-state index in [9.17, 15) is 9.59 Å². The van der Waals surface area contributed by atoms with Gasteiger partial charge >= 0.3 is 5.97 Å². The second kappa shape index (κ2) is 7.77. The molecular formula is C18H15ClN2O4S. The van der Waals surface area contributed by atoms with Crippen LogP contribution in [0.5, 0.6) is 5.75 Å². The Bertz CT molecular complexity index is 890. The standard InChI is InChI=1S/C18H15ClN2O4S/c1-10(16(22)21-17-11(8-20)4-5-26-17)25-18(23)13-6-12-7-14(19)2-3-15(12)24-9-13/h2-5,7,10,13H,6,9H2,1H3,(H,21,22)/t10-,13-/m0/s1. The molecule has 1 aromatic carbocycles. The van der Waals surface area contributed by atoms with Crippen LogP contribution in [0.2, 0.25) is 5.02 Å². The van der Waals surface area contributed by atoms with Crippen molar-refractivity contribution in [2.24, 2.45) is 5.92 Å². The van der Waals surface area contributed by atoms with E-state index in [2.05, 4.69) is 5.32 Å². The van der Waals surface area contributed by atoms with Crippen molar-refractivity contribution in [1.29, 1.82) is 5.26 Å². The maximum Gasteiger partial charge on any atom is 0.313 e. The van der Waals surface area contributed by atoms with Gasteiger partial charge in [-0.2, -0.15) is 5.26 Å². The van der Waals surface area contributed by atoms with Gasteiger partial charge < -0.3 is 14.8 Å². The quantitative estimate of drug-likeness (QED) is 0.808. The largest absolute Gasteiger partial charge is 0.492 e. The van der Waals surface area contributed by atoms with Crippen molar-refractivity contribution < 1.29 is 19.1 Å². The first-order valence-electron chi connectivity index (χ1n) is 7.88. The summed E-state index contributed by atoms with van der Waals surface area (Å²) in [6.07, 6.45) is -0.552. The van der Waals surface area contributed by atoms with Gasteiger partial charge in [-0.05, 0) is 48.6 Å². The summed E-state index contributed by atoms with van der Waals surface area (Å²) in [6, 6.07) is 8.85. The Hall–Kier alpha value is -2.56. The van der Waals surface area contributed by atoms with Gasteiger partial charge in [0.25, 0.3) is 5.91 Å². The van der Waals surface area contributed by atoms with Gasteiger partial charge in [-0.3, -0.25) is 9.59 Å². The van der Waals surface area contributed by atoms with Crippen molar-refractivity contribution in [3.8, 4) is 11.8 Å². The van der Waals surface area contributed by atoms with Crippen molar-refractivity contribution in [3.05, 3.63) is 45.8 Å². The molecule has 2 aromatic rings. The summed E-state index contributed by atoms with van der Waals surface area (Å²) in [5, 5.41) is 14.3. The van der Waals surface area contributed by atoms with Crippen molar-refractivity contribution in [2.75, 3.05) is 11.9 Å². The number of ether oxygens (including phenoxy) is 2. The number of rotatable bonds is 4. The normalized spacial score (nSPS) is 16.6. The molecule has 0 aliphatic carbocycles. The van der Waals surface area contributed by atoms with E-state index < -0.39 is 23.9 Å². The van der Waals surface area contributed by atoms with Crippen molar-refractivity contribution >= 4 is 39.8 Å². The Morgan fingerprint density at radius 1 is 1.46 bits per heavy atom. The van der Waals surface area contributed by atoms with Crippen molar-refractivity contribution in [1.82, 2.24) is 0 Å². The highest BCUT2D eigenvalue weighted by molar-refractivity contribution is 7.14. The van der Waals surface area contributed by atoms with Crippen LogP contribution < -0.4 is 10.1 Å². The third-order valence-electron chi connectivity index (χ3n) is 3.95. The third-order valence-corrected chi connectivity index (χ3v) is 5.01. The highest BCUT2D eigenvalue weighted by atomic mass is 35.5. The molecule has 1 aliphatic heterocycles. The maximum absolute atomic E-state index is 12.4. The summed E-state index contributed by atoms with van der Waals surface area (Å²) in [4.78, 5) is 24.6. The van der Waals surface area contributed by atoms with Crippen LogP contribution in [0.3, 0.4) is 0 Å². The van der Waals surface area contributed by atoms with E-state index in [0.717, 1.165) is 5.56 Å². The summed E-state index contributed by atoms with van der Waals surface area (Å²) >= 11 is 7.21. The molecule has 0 saturated heterocycles. The first-order valence-corrected chi connectivity index (χ1v) is 9.14. The van der Waals surface area contributed by atoms with E-state index >= 15 is 0 Å². The fraction of sp³-hybridized carbons (Fsp3) is 0.278. The molecule has 3 rings (SSSR count). The molecular weight excluding hydrogens is 376 g/mol. The minimum Gasteiger partial charge on any atom is -0.492 e. The monoisotopic (exact) mass is 390 g/mol. The number of hydrogen-bond acceptors (Lipinski definition) is 6. The highest BCUT2D eigenvalue weighted by Crippen LogP contribution is 2.30. The van der Waals surface area contributed by atoms with E-state index in [1.807, 2.05) is 6.07 Å². The molecule has 2 atom stereocenters. The molecule has 26 heavy (non-hydrogen) atoms. The Balaban J connectivity index is 1.59. The number of carbonyl (C=O) groups excluding carboxylic acids is 2. The Labute approximate surface area is 159 Å². The number of benzene rings is 1. The molecule has 0 bridgehead atoms. The van der Waals surface area contributed by atoms with Gasteiger partial charge in [0, 0.05) is 5.02 Å². The number of nitriles is 1. The van der Waals surface area contributed by atoms with Crippen LogP contribution in [0.4, 0.5) is 5.00 Å². The summed E-state index contributed by atoms with van der Waals surface area (Å²) in [7, 11) is 0. The van der Waals surface area contributed by atoms with Crippen LogP contribution in [0, 0.1) is 17.2 Å². The average Bonchev–Trinajstić information content (AvgIpc) is 3.07. The molecule has 1 aliphatic rings. The number of fused-ring (bicyclic) bond motifs is 1. The lowest BCUT2D eigenvalue weighted by Gasteiger charge is -2.25. The Kier molecular flexibility index (Phi) is 5.45. The number of hydrogen-bond donors (Lipinski definition) is 1. The van der Waals surface area contributed by atoms with Crippen LogP contribution in [0.15, 0.2) is 29.6 Å².